The summed E-state index contributed by atoms with van der Waals surface area (Å²) >= 11 is 0. The molecule has 18 heavy (non-hydrogen) atoms. The molecule has 0 unspecified atom stereocenters. The van der Waals surface area contributed by atoms with Gasteiger partial charge < -0.3 is 10.2 Å². The molecule has 1 aliphatic rings. The maximum absolute atomic E-state index is 9.10. The average Bonchev–Trinajstić information content (AvgIpc) is 2.47. The van der Waals surface area contributed by atoms with Gasteiger partial charge in [0.15, 0.2) is 0 Å². The van der Waals surface area contributed by atoms with E-state index >= 15 is 0 Å². The highest BCUT2D eigenvalue weighted by Gasteiger charge is 2.14. The predicted octanol–water partition coefficient (Wildman–Crippen LogP) is 1.52. The van der Waals surface area contributed by atoms with Crippen LogP contribution in [0, 0.1) is 11.3 Å². The highest BCUT2D eigenvalue weighted by Crippen LogP contribution is 2.27. The number of fused-ring (bicyclic) bond motifs is 1. The van der Waals surface area contributed by atoms with Crippen molar-refractivity contribution in [1.29, 1.82) is 5.26 Å². The topological polar surface area (TPSA) is 52.0 Å². The number of nitriles is 1. The first-order chi connectivity index (χ1) is 8.90. The number of nitrogens with one attached hydrogen (secondary N) is 1. The Hall–Kier alpha value is -2.12. The van der Waals surface area contributed by atoms with Crippen LogP contribution in [0.4, 0.5) is 5.69 Å². The van der Waals surface area contributed by atoms with Crippen LogP contribution in [0.25, 0.3) is 10.8 Å². The minimum absolute atomic E-state index is 0.504. The van der Waals surface area contributed by atoms with E-state index in [1.807, 2.05) is 18.2 Å². The van der Waals surface area contributed by atoms with E-state index in [0.717, 1.165) is 37.0 Å². The quantitative estimate of drug-likeness (QED) is 0.818. The van der Waals surface area contributed by atoms with Crippen molar-refractivity contribution in [3.05, 3.63) is 36.2 Å². The Bertz CT molecular complexity index is 609. The monoisotopic (exact) mass is 238 g/mol. The molecular formula is C14H14N4. The van der Waals surface area contributed by atoms with Crippen LogP contribution in [0.5, 0.6) is 0 Å². The van der Waals surface area contributed by atoms with Crippen molar-refractivity contribution in [2.45, 2.75) is 0 Å². The van der Waals surface area contributed by atoms with Gasteiger partial charge in [0.25, 0.3) is 0 Å². The number of piperazine rings is 1. The van der Waals surface area contributed by atoms with Gasteiger partial charge in [-0.2, -0.15) is 5.26 Å². The summed E-state index contributed by atoms with van der Waals surface area (Å²) in [5.74, 6) is 0. The summed E-state index contributed by atoms with van der Waals surface area (Å²) in [4.78, 5) is 6.48. The maximum atomic E-state index is 9.10. The molecule has 1 aromatic carbocycles. The van der Waals surface area contributed by atoms with Crippen molar-refractivity contribution >= 4 is 16.5 Å². The van der Waals surface area contributed by atoms with Crippen LogP contribution < -0.4 is 10.2 Å². The Morgan fingerprint density at radius 3 is 2.78 bits per heavy atom. The molecule has 3 rings (SSSR count). The average molecular weight is 238 g/mol. The van der Waals surface area contributed by atoms with Gasteiger partial charge in [-0.3, -0.25) is 0 Å². The third kappa shape index (κ3) is 1.79. The van der Waals surface area contributed by atoms with E-state index in [1.165, 1.54) is 5.69 Å². The second-order valence-corrected chi connectivity index (χ2v) is 4.38. The molecule has 1 aliphatic heterocycles. The van der Waals surface area contributed by atoms with E-state index in [9.17, 15) is 0 Å². The third-order valence-corrected chi connectivity index (χ3v) is 3.35. The van der Waals surface area contributed by atoms with Gasteiger partial charge in [-0.1, -0.05) is 12.1 Å². The van der Waals surface area contributed by atoms with Crippen molar-refractivity contribution in [3.63, 3.8) is 0 Å². The van der Waals surface area contributed by atoms with E-state index in [4.69, 9.17) is 5.26 Å². The zero-order valence-electron chi connectivity index (χ0n) is 10.1. The Kier molecular flexibility index (Phi) is 2.83. The summed E-state index contributed by atoms with van der Waals surface area (Å²) in [6.07, 6.45) is 1.71. The van der Waals surface area contributed by atoms with Crippen molar-refractivity contribution in [3.8, 4) is 6.07 Å². The molecule has 0 atom stereocenters. The van der Waals surface area contributed by atoms with E-state index in [-0.39, 0.29) is 0 Å². The van der Waals surface area contributed by atoms with Crippen LogP contribution in [0.15, 0.2) is 30.5 Å². The fourth-order valence-electron chi connectivity index (χ4n) is 2.46. The van der Waals surface area contributed by atoms with Crippen LogP contribution in [0.1, 0.15) is 5.69 Å². The first kappa shape index (κ1) is 11.0. The number of benzene rings is 1. The van der Waals surface area contributed by atoms with Gasteiger partial charge in [0.05, 0.1) is 0 Å². The van der Waals surface area contributed by atoms with Crippen LogP contribution in [-0.2, 0) is 0 Å². The largest absolute Gasteiger partial charge is 0.368 e. The molecular weight excluding hydrogens is 224 g/mol. The lowest BCUT2D eigenvalue weighted by atomic mass is 10.1. The Labute approximate surface area is 106 Å². The number of hydrogen-bond acceptors (Lipinski definition) is 4. The van der Waals surface area contributed by atoms with Crippen LogP contribution in [0.2, 0.25) is 0 Å². The number of hydrogen-bond donors (Lipinski definition) is 1. The summed E-state index contributed by atoms with van der Waals surface area (Å²) in [5, 5.41) is 14.5. The SMILES string of the molecule is N#Cc1nccc2c(N3CCNCC3)cccc12. The normalized spacial score (nSPS) is 15.6. The lowest BCUT2D eigenvalue weighted by molar-refractivity contribution is 0.590. The van der Waals surface area contributed by atoms with Crippen molar-refractivity contribution in [1.82, 2.24) is 10.3 Å². The Morgan fingerprint density at radius 1 is 1.17 bits per heavy atom. The van der Waals surface area contributed by atoms with E-state index in [2.05, 4.69) is 27.3 Å². The molecule has 4 heteroatoms. The van der Waals surface area contributed by atoms with E-state index in [0.29, 0.717) is 5.69 Å². The fraction of sp³-hybridized carbons (Fsp3) is 0.286. The van der Waals surface area contributed by atoms with Gasteiger partial charge in [-0.25, -0.2) is 4.98 Å². The second-order valence-electron chi connectivity index (χ2n) is 4.38. The number of anilines is 1. The number of pyridine rings is 1. The van der Waals surface area contributed by atoms with Crippen LogP contribution in [0.3, 0.4) is 0 Å². The molecule has 1 aromatic heterocycles. The van der Waals surface area contributed by atoms with E-state index < -0.39 is 0 Å². The number of rotatable bonds is 1. The smallest absolute Gasteiger partial charge is 0.148 e. The molecule has 0 aliphatic carbocycles. The number of aromatic nitrogens is 1. The summed E-state index contributed by atoms with van der Waals surface area (Å²) in [5.41, 5.74) is 1.71. The summed E-state index contributed by atoms with van der Waals surface area (Å²) < 4.78 is 0. The van der Waals surface area contributed by atoms with Crippen LogP contribution >= 0.6 is 0 Å². The first-order valence-electron chi connectivity index (χ1n) is 6.13. The predicted molar refractivity (Wildman–Crippen MR) is 71.5 cm³/mol. The first-order valence-corrected chi connectivity index (χ1v) is 6.13. The maximum Gasteiger partial charge on any atom is 0.148 e. The van der Waals surface area contributed by atoms with Crippen molar-refractivity contribution in [2.24, 2.45) is 0 Å². The van der Waals surface area contributed by atoms with Crippen LogP contribution in [-0.4, -0.2) is 31.2 Å². The third-order valence-electron chi connectivity index (χ3n) is 3.35. The standard InChI is InChI=1S/C14H14N4/c15-10-13-11-2-1-3-14(12(11)4-5-17-13)18-8-6-16-7-9-18/h1-5,16H,6-9H2. The zero-order valence-corrected chi connectivity index (χ0v) is 10.1. The van der Waals surface area contributed by atoms with Gasteiger partial charge in [0, 0.05) is 48.8 Å². The molecule has 0 radical (unpaired) electrons. The minimum atomic E-state index is 0.504. The fourth-order valence-corrected chi connectivity index (χ4v) is 2.46. The van der Waals surface area contributed by atoms with Gasteiger partial charge in [-0.15, -0.1) is 0 Å². The lowest BCUT2D eigenvalue weighted by Gasteiger charge is -2.30. The molecule has 0 spiro atoms. The molecule has 90 valence electrons. The molecule has 2 aromatic rings. The zero-order chi connectivity index (χ0) is 12.4. The van der Waals surface area contributed by atoms with Gasteiger partial charge in [0.2, 0.25) is 0 Å². The highest BCUT2D eigenvalue weighted by atomic mass is 15.2. The molecule has 0 bridgehead atoms. The van der Waals surface area contributed by atoms with Gasteiger partial charge in [0.1, 0.15) is 11.8 Å². The molecule has 0 amide bonds. The van der Waals surface area contributed by atoms with Crippen molar-refractivity contribution in [2.75, 3.05) is 31.1 Å². The van der Waals surface area contributed by atoms with Crippen molar-refractivity contribution < 1.29 is 0 Å². The molecule has 2 heterocycles. The Balaban J connectivity index is 2.15. The lowest BCUT2D eigenvalue weighted by Crippen LogP contribution is -2.43. The van der Waals surface area contributed by atoms with E-state index in [1.54, 1.807) is 6.20 Å². The number of nitrogens with zero attached hydrogens (tertiary/aromatic N) is 3. The minimum Gasteiger partial charge on any atom is -0.368 e. The highest BCUT2D eigenvalue weighted by molar-refractivity contribution is 5.96. The summed E-state index contributed by atoms with van der Waals surface area (Å²) in [6, 6.07) is 10.2. The second kappa shape index (κ2) is 4.63. The van der Waals surface area contributed by atoms with Gasteiger partial charge in [-0.05, 0) is 12.1 Å². The summed E-state index contributed by atoms with van der Waals surface area (Å²) in [6.45, 7) is 4.02. The molecule has 4 nitrogen and oxygen atoms in total. The summed E-state index contributed by atoms with van der Waals surface area (Å²) in [7, 11) is 0. The molecule has 1 fully saturated rings. The molecule has 0 saturated carbocycles. The van der Waals surface area contributed by atoms with Gasteiger partial charge >= 0.3 is 0 Å². The molecule has 1 N–H and O–H groups in total. The molecule has 1 saturated heterocycles. The Morgan fingerprint density at radius 2 is 2.00 bits per heavy atom.